The van der Waals surface area contributed by atoms with E-state index in [-0.39, 0.29) is 32.2 Å². The molecule has 8 heteroatoms. The maximum absolute atomic E-state index is 10.6. The molecule has 0 unspecified atom stereocenters. The number of hydrogen-bond acceptors (Lipinski definition) is 6. The number of hydrogen-bond donors (Lipinski definition) is 1. The number of phenolic OH excluding ortho intramolecular Hbond substituents is 1. The van der Waals surface area contributed by atoms with Crippen LogP contribution in [-0.2, 0) is 26.5 Å². The quantitative estimate of drug-likeness (QED) is 0.193. The van der Waals surface area contributed by atoms with E-state index >= 15 is 0 Å². The molecule has 7 rings (SSSR count). The Balaban J connectivity index is 0.00000277. The van der Waals surface area contributed by atoms with Gasteiger partial charge in [-0.05, 0) is 47.5 Å². The van der Waals surface area contributed by atoms with Crippen LogP contribution in [0.25, 0.3) is 49.8 Å². The molecule has 0 aliphatic rings. The van der Waals surface area contributed by atoms with Gasteiger partial charge in [0.15, 0.2) is 0 Å². The van der Waals surface area contributed by atoms with Crippen LogP contribution in [0.4, 0.5) is 0 Å². The number of aromatic hydroxyl groups is 1. The third kappa shape index (κ3) is 4.05. The number of aromatic nitrogens is 4. The Morgan fingerprint density at radius 1 is 0.923 bits per heavy atom. The predicted molar refractivity (Wildman–Crippen MR) is 147 cm³/mol. The first kappa shape index (κ1) is 25.1. The third-order valence-corrected chi connectivity index (χ3v) is 6.74. The molecular weight excluding hydrogens is 671 g/mol. The summed E-state index contributed by atoms with van der Waals surface area (Å²) in [7, 11) is 0. The van der Waals surface area contributed by atoms with Crippen molar-refractivity contribution in [2.24, 2.45) is 0 Å². The minimum atomic E-state index is -0.112. The van der Waals surface area contributed by atoms with Crippen LogP contribution in [0, 0.1) is 6.07 Å². The van der Waals surface area contributed by atoms with Crippen LogP contribution in [0.15, 0.2) is 83.5 Å². The van der Waals surface area contributed by atoms with Gasteiger partial charge in [-0.15, -0.1) is 0 Å². The van der Waals surface area contributed by atoms with E-state index in [4.69, 9.17) is 14.1 Å². The van der Waals surface area contributed by atoms with Crippen LogP contribution in [0.3, 0.4) is 0 Å². The van der Waals surface area contributed by atoms with Crippen LogP contribution in [0.5, 0.6) is 17.4 Å². The number of fused-ring (bicyclic) bond motifs is 6. The Bertz CT molecular complexity index is 2020. The second-order valence-electron chi connectivity index (χ2n) is 10.3. The van der Waals surface area contributed by atoms with E-state index in [9.17, 15) is 5.11 Å². The van der Waals surface area contributed by atoms with Gasteiger partial charge in [0.25, 0.3) is 0 Å². The van der Waals surface area contributed by atoms with E-state index < -0.39 is 0 Å². The molecule has 0 bridgehead atoms. The first-order valence-corrected chi connectivity index (χ1v) is 12.3. The van der Waals surface area contributed by atoms with Crippen molar-refractivity contribution in [3.05, 3.63) is 90.8 Å². The van der Waals surface area contributed by atoms with Gasteiger partial charge < -0.3 is 24.2 Å². The minimum absolute atomic E-state index is 0. The van der Waals surface area contributed by atoms with Crippen molar-refractivity contribution in [3.8, 4) is 23.1 Å². The Labute approximate surface area is 238 Å². The molecule has 0 aliphatic carbocycles. The number of rotatable bonds is 3. The molecule has 5 aromatic heterocycles. The zero-order valence-electron chi connectivity index (χ0n) is 21.4. The molecule has 196 valence electrons. The number of ether oxygens (including phenoxy) is 1. The number of furan rings is 1. The summed E-state index contributed by atoms with van der Waals surface area (Å²) >= 11 is 0. The van der Waals surface area contributed by atoms with Crippen LogP contribution >= 0.6 is 0 Å². The number of para-hydroxylation sites is 3. The van der Waals surface area contributed by atoms with Crippen molar-refractivity contribution in [3.63, 3.8) is 0 Å². The summed E-state index contributed by atoms with van der Waals surface area (Å²) in [5, 5.41) is 13.3. The average molecular weight is 695 g/mol. The molecule has 5 heterocycles. The Kier molecular flexibility index (Phi) is 5.92. The Morgan fingerprint density at radius 3 is 2.54 bits per heavy atom. The second-order valence-corrected chi connectivity index (χ2v) is 10.3. The summed E-state index contributed by atoms with van der Waals surface area (Å²) in [6, 6.07) is 24.3. The summed E-state index contributed by atoms with van der Waals surface area (Å²) in [4.78, 5) is 13.9. The molecule has 0 radical (unpaired) electrons. The van der Waals surface area contributed by atoms with Crippen molar-refractivity contribution in [1.29, 1.82) is 0 Å². The van der Waals surface area contributed by atoms with E-state index in [1.54, 1.807) is 24.5 Å². The molecule has 1 N–H and O–H groups in total. The Hall–Kier alpha value is -4.22. The first-order valence-electron chi connectivity index (χ1n) is 12.3. The van der Waals surface area contributed by atoms with Gasteiger partial charge >= 0.3 is 0 Å². The third-order valence-electron chi connectivity index (χ3n) is 6.74. The number of nitrogens with zero attached hydrogens (tertiary/aromatic N) is 4. The van der Waals surface area contributed by atoms with E-state index in [2.05, 4.69) is 36.8 Å². The van der Waals surface area contributed by atoms with Crippen LogP contribution in [-0.4, -0.2) is 24.6 Å². The van der Waals surface area contributed by atoms with Gasteiger partial charge in [-0.2, -0.15) is 4.98 Å². The van der Waals surface area contributed by atoms with Crippen molar-refractivity contribution in [1.82, 2.24) is 19.5 Å². The van der Waals surface area contributed by atoms with Gasteiger partial charge in [0.2, 0.25) is 5.88 Å². The van der Waals surface area contributed by atoms with Gasteiger partial charge in [0.05, 0.1) is 17.0 Å². The summed E-state index contributed by atoms with van der Waals surface area (Å²) in [5.74, 6) is 0.950. The fourth-order valence-electron chi connectivity index (χ4n) is 4.99. The molecule has 0 spiro atoms. The zero-order valence-corrected chi connectivity index (χ0v) is 23.6. The fraction of sp³-hybridized carbons (Fsp3) is 0.129. The minimum Gasteiger partial charge on any atom is -0.506 e. The summed E-state index contributed by atoms with van der Waals surface area (Å²) in [6.07, 6.45) is 3.36. The molecule has 0 saturated carbocycles. The van der Waals surface area contributed by atoms with Gasteiger partial charge in [0.1, 0.15) is 22.7 Å². The van der Waals surface area contributed by atoms with E-state index in [1.807, 2.05) is 59.2 Å². The van der Waals surface area contributed by atoms with Crippen LogP contribution in [0.2, 0.25) is 0 Å². The summed E-state index contributed by atoms with van der Waals surface area (Å²) < 4.78 is 14.2. The van der Waals surface area contributed by atoms with Gasteiger partial charge in [0, 0.05) is 49.6 Å². The molecule has 2 aromatic carbocycles. The monoisotopic (exact) mass is 694 g/mol. The van der Waals surface area contributed by atoms with Crippen LogP contribution in [0.1, 0.15) is 26.3 Å². The van der Waals surface area contributed by atoms with E-state index in [0.717, 1.165) is 21.9 Å². The SMILES string of the molecule is CC(C)(C)c1ccnc2c1oc1ncc(Oc3ccc4c5ccccc5n(-c5ccccc5O)c4n3)[c-]c12.[Pt]. The maximum atomic E-state index is 10.6. The number of benzene rings is 2. The molecular formula is C31H23N4O3Pt-. The molecule has 7 aromatic rings. The molecule has 0 saturated heterocycles. The van der Waals surface area contributed by atoms with Gasteiger partial charge in [-0.25, -0.2) is 0 Å². The topological polar surface area (TPSA) is 86.2 Å². The molecule has 0 fully saturated rings. The molecule has 0 atom stereocenters. The van der Waals surface area contributed by atoms with E-state index in [1.165, 1.54) is 0 Å². The number of pyridine rings is 3. The van der Waals surface area contributed by atoms with Gasteiger partial charge in [-0.3, -0.25) is 4.57 Å². The largest absolute Gasteiger partial charge is 0.506 e. The molecule has 7 nitrogen and oxygen atoms in total. The smallest absolute Gasteiger partial charge is 0.219 e. The van der Waals surface area contributed by atoms with Crippen molar-refractivity contribution in [2.75, 3.05) is 0 Å². The summed E-state index contributed by atoms with van der Waals surface area (Å²) in [6.45, 7) is 6.41. The first-order chi connectivity index (χ1) is 18.4. The van der Waals surface area contributed by atoms with Crippen molar-refractivity contribution in [2.45, 2.75) is 26.2 Å². The molecule has 0 aliphatic heterocycles. The second kappa shape index (κ2) is 9.21. The Morgan fingerprint density at radius 2 is 1.72 bits per heavy atom. The predicted octanol–water partition coefficient (Wildman–Crippen LogP) is 7.46. The van der Waals surface area contributed by atoms with Gasteiger partial charge in [-0.1, -0.05) is 62.6 Å². The normalized spacial score (nSPS) is 11.9. The number of phenols is 1. The molecule has 39 heavy (non-hydrogen) atoms. The maximum Gasteiger partial charge on any atom is 0.219 e. The van der Waals surface area contributed by atoms with E-state index in [0.29, 0.717) is 45.2 Å². The zero-order chi connectivity index (χ0) is 26.0. The van der Waals surface area contributed by atoms with Crippen molar-refractivity contribution >= 4 is 44.1 Å². The fourth-order valence-corrected chi connectivity index (χ4v) is 4.99. The van der Waals surface area contributed by atoms with Crippen LogP contribution < -0.4 is 4.74 Å². The average Bonchev–Trinajstić information content (AvgIpc) is 3.43. The van der Waals surface area contributed by atoms with Crippen molar-refractivity contribution < 1.29 is 35.3 Å². The molecule has 0 amide bonds. The standard InChI is InChI=1S/C31H23N4O3.Pt/c1-31(2,3)22-14-15-32-27-21-16-18(17-33-30(21)38-28(22)27)37-26-13-12-20-19-8-4-5-9-23(19)35(29(20)34-26)24-10-6-7-11-25(24)36;/h4-15,17,36H,1-3H3;/q-1;. The summed E-state index contributed by atoms with van der Waals surface area (Å²) in [5.41, 5.74) is 5.07.